The normalized spacial score (nSPS) is 22.9. The number of hydrogen-bond acceptors (Lipinski definition) is 1. The van der Waals surface area contributed by atoms with Gasteiger partial charge in [0.15, 0.2) is 0 Å². The first-order chi connectivity index (χ1) is 5.88. The predicted octanol–water partition coefficient (Wildman–Crippen LogP) is 2.95. The Labute approximate surface area is 80.9 Å². The lowest BCUT2D eigenvalue weighted by Crippen LogP contribution is -1.97. The molecule has 0 N–H and O–H groups in total. The molecule has 1 saturated heterocycles. The van der Waals surface area contributed by atoms with E-state index in [1.165, 1.54) is 10.0 Å². The summed E-state index contributed by atoms with van der Waals surface area (Å²) in [4.78, 5) is 0. The Kier molecular flexibility index (Phi) is 2.47. The molecular weight excluding hydrogens is 216 g/mol. The molecule has 2 rings (SSSR count). The van der Waals surface area contributed by atoms with Crippen LogP contribution in [0.3, 0.4) is 0 Å². The van der Waals surface area contributed by atoms with Crippen LogP contribution in [0.5, 0.6) is 0 Å². The number of benzene rings is 1. The minimum absolute atomic E-state index is 0.598. The molecule has 1 fully saturated rings. The average Bonchev–Trinajstić information content (AvgIpc) is 2.57. The van der Waals surface area contributed by atoms with Crippen LogP contribution in [0.15, 0.2) is 28.7 Å². The third kappa shape index (κ3) is 1.54. The molecule has 64 valence electrons. The Morgan fingerprint density at radius 3 is 2.83 bits per heavy atom. The van der Waals surface area contributed by atoms with Crippen LogP contribution in [0.25, 0.3) is 0 Å². The van der Waals surface area contributed by atoms with Crippen LogP contribution < -0.4 is 0 Å². The number of ether oxygens (including phenoxy) is 1. The zero-order valence-electron chi connectivity index (χ0n) is 6.79. The first-order valence-electron chi connectivity index (χ1n) is 4.20. The Balaban J connectivity index is 2.26. The molecule has 1 aromatic rings. The highest BCUT2D eigenvalue weighted by atomic mass is 79.9. The van der Waals surface area contributed by atoms with Crippen molar-refractivity contribution in [3.63, 3.8) is 0 Å². The highest BCUT2D eigenvalue weighted by Gasteiger charge is 2.18. The second kappa shape index (κ2) is 3.58. The van der Waals surface area contributed by atoms with Crippen LogP contribution in [-0.4, -0.2) is 13.2 Å². The van der Waals surface area contributed by atoms with Crippen LogP contribution in [0, 0.1) is 0 Å². The fraction of sp³-hybridized carbons (Fsp3) is 0.400. The van der Waals surface area contributed by atoms with Crippen LogP contribution in [0.4, 0.5) is 0 Å². The third-order valence-corrected chi connectivity index (χ3v) is 3.00. The number of rotatable bonds is 1. The van der Waals surface area contributed by atoms with Crippen molar-refractivity contribution in [1.29, 1.82) is 0 Å². The lowest BCUT2D eigenvalue weighted by molar-refractivity contribution is 0.194. The van der Waals surface area contributed by atoms with E-state index < -0.39 is 0 Å². The molecule has 0 spiro atoms. The summed E-state index contributed by atoms with van der Waals surface area (Å²) in [6, 6.07) is 8.39. The van der Waals surface area contributed by atoms with Crippen molar-refractivity contribution in [2.45, 2.75) is 12.3 Å². The molecule has 1 unspecified atom stereocenters. The van der Waals surface area contributed by atoms with Crippen molar-refractivity contribution in [3.05, 3.63) is 34.3 Å². The largest absolute Gasteiger partial charge is 0.381 e. The van der Waals surface area contributed by atoms with E-state index in [-0.39, 0.29) is 0 Å². The van der Waals surface area contributed by atoms with E-state index in [0.717, 1.165) is 19.6 Å². The Morgan fingerprint density at radius 2 is 2.17 bits per heavy atom. The Morgan fingerprint density at radius 1 is 1.33 bits per heavy atom. The van der Waals surface area contributed by atoms with Crippen molar-refractivity contribution in [2.75, 3.05) is 13.2 Å². The third-order valence-electron chi connectivity index (χ3n) is 2.27. The van der Waals surface area contributed by atoms with Gasteiger partial charge >= 0.3 is 0 Å². The average molecular weight is 227 g/mol. The smallest absolute Gasteiger partial charge is 0.0535 e. The fourth-order valence-electron chi connectivity index (χ4n) is 1.59. The topological polar surface area (TPSA) is 9.23 Å². The van der Waals surface area contributed by atoms with Gasteiger partial charge in [0.05, 0.1) is 6.61 Å². The van der Waals surface area contributed by atoms with Gasteiger partial charge < -0.3 is 4.74 Å². The van der Waals surface area contributed by atoms with Crippen LogP contribution in [-0.2, 0) is 4.74 Å². The Bertz CT molecular complexity index is 266. The molecule has 0 aliphatic carbocycles. The van der Waals surface area contributed by atoms with E-state index in [0.29, 0.717) is 5.92 Å². The molecule has 1 atom stereocenters. The quantitative estimate of drug-likeness (QED) is 0.716. The molecule has 0 amide bonds. The van der Waals surface area contributed by atoms with Gasteiger partial charge in [-0.15, -0.1) is 0 Å². The molecule has 12 heavy (non-hydrogen) atoms. The predicted molar refractivity (Wildman–Crippen MR) is 52.3 cm³/mol. The van der Waals surface area contributed by atoms with Crippen molar-refractivity contribution in [2.24, 2.45) is 0 Å². The minimum atomic E-state index is 0.598. The highest BCUT2D eigenvalue weighted by Crippen LogP contribution is 2.30. The molecule has 1 nitrogen and oxygen atoms in total. The van der Waals surface area contributed by atoms with Crippen molar-refractivity contribution in [3.8, 4) is 0 Å². The maximum Gasteiger partial charge on any atom is 0.0535 e. The molecule has 0 radical (unpaired) electrons. The summed E-state index contributed by atoms with van der Waals surface area (Å²) in [6.07, 6.45) is 1.16. The first kappa shape index (κ1) is 8.27. The van der Waals surface area contributed by atoms with Crippen molar-refractivity contribution >= 4 is 15.9 Å². The number of hydrogen-bond donors (Lipinski definition) is 0. The van der Waals surface area contributed by atoms with Gasteiger partial charge in [0, 0.05) is 17.0 Å². The second-order valence-electron chi connectivity index (χ2n) is 3.08. The molecule has 1 heterocycles. The molecule has 0 saturated carbocycles. The molecular formula is C10H11BrO. The maximum absolute atomic E-state index is 5.35. The van der Waals surface area contributed by atoms with Gasteiger partial charge in [-0.1, -0.05) is 34.1 Å². The lowest BCUT2D eigenvalue weighted by atomic mass is 9.99. The Hall–Kier alpha value is -0.340. The van der Waals surface area contributed by atoms with Gasteiger partial charge in [-0.25, -0.2) is 0 Å². The summed E-state index contributed by atoms with van der Waals surface area (Å²) in [7, 11) is 0. The van der Waals surface area contributed by atoms with Gasteiger partial charge in [0.25, 0.3) is 0 Å². The zero-order valence-corrected chi connectivity index (χ0v) is 8.38. The van der Waals surface area contributed by atoms with Gasteiger partial charge in [-0.2, -0.15) is 0 Å². The van der Waals surface area contributed by atoms with E-state index in [9.17, 15) is 0 Å². The summed E-state index contributed by atoms with van der Waals surface area (Å²) in [6.45, 7) is 1.79. The molecule has 1 aliphatic heterocycles. The van der Waals surface area contributed by atoms with Gasteiger partial charge in [0.2, 0.25) is 0 Å². The van der Waals surface area contributed by atoms with E-state index in [4.69, 9.17) is 4.74 Å². The van der Waals surface area contributed by atoms with E-state index in [1.807, 2.05) is 6.07 Å². The van der Waals surface area contributed by atoms with E-state index in [2.05, 4.69) is 34.1 Å². The van der Waals surface area contributed by atoms with E-state index in [1.54, 1.807) is 0 Å². The van der Waals surface area contributed by atoms with Gasteiger partial charge in [0.1, 0.15) is 0 Å². The minimum Gasteiger partial charge on any atom is -0.381 e. The molecule has 2 heteroatoms. The molecule has 0 aromatic heterocycles. The monoisotopic (exact) mass is 226 g/mol. The first-order valence-corrected chi connectivity index (χ1v) is 4.99. The van der Waals surface area contributed by atoms with Crippen molar-refractivity contribution < 1.29 is 4.74 Å². The summed E-state index contributed by atoms with van der Waals surface area (Å²) in [5, 5.41) is 0. The van der Waals surface area contributed by atoms with E-state index >= 15 is 0 Å². The summed E-state index contributed by atoms with van der Waals surface area (Å²) in [5.74, 6) is 0.598. The summed E-state index contributed by atoms with van der Waals surface area (Å²) < 4.78 is 6.55. The zero-order chi connectivity index (χ0) is 8.39. The second-order valence-corrected chi connectivity index (χ2v) is 3.94. The van der Waals surface area contributed by atoms with Crippen LogP contribution >= 0.6 is 15.9 Å². The molecule has 1 aliphatic rings. The summed E-state index contributed by atoms with van der Waals surface area (Å²) in [5.41, 5.74) is 1.38. The maximum atomic E-state index is 5.35. The molecule has 1 aromatic carbocycles. The fourth-order valence-corrected chi connectivity index (χ4v) is 2.19. The molecule has 0 bridgehead atoms. The lowest BCUT2D eigenvalue weighted by Gasteiger charge is -2.09. The van der Waals surface area contributed by atoms with Gasteiger partial charge in [-0.05, 0) is 18.1 Å². The van der Waals surface area contributed by atoms with Crippen LogP contribution in [0.2, 0.25) is 0 Å². The van der Waals surface area contributed by atoms with Crippen molar-refractivity contribution in [1.82, 2.24) is 0 Å². The SMILES string of the molecule is Brc1ccccc1C1CCOC1. The summed E-state index contributed by atoms with van der Waals surface area (Å²) >= 11 is 3.55. The van der Waals surface area contributed by atoms with Crippen LogP contribution in [0.1, 0.15) is 17.9 Å². The van der Waals surface area contributed by atoms with Gasteiger partial charge in [-0.3, -0.25) is 0 Å². The number of halogens is 1. The highest BCUT2D eigenvalue weighted by molar-refractivity contribution is 9.10. The standard InChI is InChI=1S/C10H11BrO/c11-10-4-2-1-3-9(10)8-5-6-12-7-8/h1-4,8H,5-7H2.